The molecule has 0 fully saturated rings. The van der Waals surface area contributed by atoms with Crippen molar-refractivity contribution in [2.24, 2.45) is 4.99 Å². The van der Waals surface area contributed by atoms with Gasteiger partial charge in [0.2, 0.25) is 0 Å². The van der Waals surface area contributed by atoms with Gasteiger partial charge in [0.15, 0.2) is 0 Å². The lowest BCUT2D eigenvalue weighted by Gasteiger charge is -2.01. The van der Waals surface area contributed by atoms with E-state index in [-0.39, 0.29) is 0 Å². The first-order chi connectivity index (χ1) is 8.90. The van der Waals surface area contributed by atoms with Crippen molar-refractivity contribution in [3.05, 3.63) is 60.2 Å². The Morgan fingerprint density at radius 3 is 2.22 bits per heavy atom. The normalized spacial score (nSPS) is 10.9. The van der Waals surface area contributed by atoms with E-state index in [2.05, 4.69) is 69.5 Å². The van der Waals surface area contributed by atoms with E-state index in [0.29, 0.717) is 0 Å². The van der Waals surface area contributed by atoms with E-state index in [1.54, 1.807) is 0 Å². The van der Waals surface area contributed by atoms with Gasteiger partial charge >= 0.3 is 0 Å². The summed E-state index contributed by atoms with van der Waals surface area (Å²) in [5, 5.41) is 1.01. The molecule has 0 N–H and O–H groups in total. The van der Waals surface area contributed by atoms with Gasteiger partial charge < -0.3 is 0 Å². The van der Waals surface area contributed by atoms with Gasteiger partial charge in [-0.2, -0.15) is 0 Å². The number of hydrogen-bond donors (Lipinski definition) is 0. The molecule has 0 saturated heterocycles. The number of rotatable bonds is 5. The molecule has 0 aromatic heterocycles. The van der Waals surface area contributed by atoms with Crippen LogP contribution in [-0.2, 0) is 0 Å². The molecule has 2 aromatic carbocycles. The summed E-state index contributed by atoms with van der Waals surface area (Å²) in [6, 6.07) is 18.9. The van der Waals surface area contributed by atoms with Crippen molar-refractivity contribution in [2.45, 2.75) is 6.42 Å². The summed E-state index contributed by atoms with van der Waals surface area (Å²) >= 11 is 3.40. The third-order valence-electron chi connectivity index (χ3n) is 2.68. The molecule has 0 amide bonds. The third-order valence-corrected chi connectivity index (χ3v) is 3.24. The Balaban J connectivity index is 2.04. The molecule has 2 rings (SSSR count). The van der Waals surface area contributed by atoms with Crippen LogP contribution in [0.1, 0.15) is 12.0 Å². The molecule has 0 saturated carbocycles. The van der Waals surface area contributed by atoms with Gasteiger partial charge in [-0.3, -0.25) is 4.99 Å². The highest BCUT2D eigenvalue weighted by molar-refractivity contribution is 9.09. The minimum Gasteiger partial charge on any atom is -0.293 e. The van der Waals surface area contributed by atoms with Gasteiger partial charge in [-0.1, -0.05) is 70.5 Å². The van der Waals surface area contributed by atoms with E-state index in [1.165, 1.54) is 11.1 Å². The molecule has 0 unspecified atom stereocenters. The van der Waals surface area contributed by atoms with Crippen molar-refractivity contribution in [1.82, 2.24) is 0 Å². The SMILES string of the molecule is BrCCCN=Cc1ccc(-c2ccccc2)cc1. The van der Waals surface area contributed by atoms with Crippen LogP contribution in [0.15, 0.2) is 59.6 Å². The fraction of sp³-hybridized carbons (Fsp3) is 0.188. The van der Waals surface area contributed by atoms with Crippen LogP contribution < -0.4 is 0 Å². The maximum atomic E-state index is 4.38. The van der Waals surface area contributed by atoms with Crippen LogP contribution in [-0.4, -0.2) is 18.1 Å². The molecule has 0 heterocycles. The molecule has 0 atom stereocenters. The monoisotopic (exact) mass is 301 g/mol. The van der Waals surface area contributed by atoms with Gasteiger partial charge in [0, 0.05) is 18.1 Å². The first-order valence-corrected chi connectivity index (χ1v) is 7.23. The molecule has 0 aliphatic carbocycles. The average molecular weight is 302 g/mol. The maximum absolute atomic E-state index is 4.38. The van der Waals surface area contributed by atoms with E-state index in [4.69, 9.17) is 0 Å². The zero-order valence-electron chi connectivity index (χ0n) is 10.2. The molecule has 2 aromatic rings. The Morgan fingerprint density at radius 2 is 1.56 bits per heavy atom. The number of halogens is 1. The Morgan fingerprint density at radius 1 is 0.889 bits per heavy atom. The molecule has 0 bridgehead atoms. The number of nitrogens with zero attached hydrogens (tertiary/aromatic N) is 1. The van der Waals surface area contributed by atoms with Crippen LogP contribution in [0.25, 0.3) is 11.1 Å². The first-order valence-electron chi connectivity index (χ1n) is 6.11. The topological polar surface area (TPSA) is 12.4 Å². The smallest absolute Gasteiger partial charge is 0.0397 e. The van der Waals surface area contributed by atoms with Gasteiger partial charge in [0.25, 0.3) is 0 Å². The van der Waals surface area contributed by atoms with Gasteiger partial charge in [0.05, 0.1) is 0 Å². The second-order valence-corrected chi connectivity index (χ2v) is 4.86. The highest BCUT2D eigenvalue weighted by atomic mass is 79.9. The Labute approximate surface area is 117 Å². The summed E-state index contributed by atoms with van der Waals surface area (Å²) in [7, 11) is 0. The summed E-state index contributed by atoms with van der Waals surface area (Å²) in [6.07, 6.45) is 3.02. The predicted octanol–water partition coefficient (Wildman–Crippen LogP) is 4.56. The lowest BCUT2D eigenvalue weighted by Crippen LogP contribution is -1.86. The Bertz CT molecular complexity index is 488. The van der Waals surface area contributed by atoms with Crippen molar-refractivity contribution in [1.29, 1.82) is 0 Å². The number of benzene rings is 2. The van der Waals surface area contributed by atoms with Crippen LogP contribution in [0, 0.1) is 0 Å². The second kappa shape index (κ2) is 7.12. The number of aliphatic imine (C=N–C) groups is 1. The highest BCUT2D eigenvalue weighted by Gasteiger charge is 1.95. The summed E-state index contributed by atoms with van der Waals surface area (Å²) in [5.41, 5.74) is 3.65. The molecule has 92 valence electrons. The van der Waals surface area contributed by atoms with Crippen LogP contribution in [0.5, 0.6) is 0 Å². The maximum Gasteiger partial charge on any atom is 0.0397 e. The first kappa shape index (κ1) is 13.0. The van der Waals surface area contributed by atoms with Gasteiger partial charge in [0.1, 0.15) is 0 Å². The number of alkyl halides is 1. The Kier molecular flexibility index (Phi) is 5.15. The van der Waals surface area contributed by atoms with Crippen molar-refractivity contribution in [3.8, 4) is 11.1 Å². The lowest BCUT2D eigenvalue weighted by atomic mass is 10.0. The quantitative estimate of drug-likeness (QED) is 0.436. The molecular weight excluding hydrogens is 286 g/mol. The summed E-state index contributed by atoms with van der Waals surface area (Å²) < 4.78 is 0. The van der Waals surface area contributed by atoms with Crippen LogP contribution >= 0.6 is 15.9 Å². The van der Waals surface area contributed by atoms with E-state index in [0.717, 1.165) is 23.9 Å². The molecule has 2 heteroatoms. The van der Waals surface area contributed by atoms with E-state index >= 15 is 0 Å². The number of hydrogen-bond acceptors (Lipinski definition) is 1. The Hall–Kier alpha value is -1.41. The molecule has 1 nitrogen and oxygen atoms in total. The van der Waals surface area contributed by atoms with Gasteiger partial charge in [-0.25, -0.2) is 0 Å². The molecule has 0 aliphatic heterocycles. The molecule has 0 spiro atoms. The summed E-state index contributed by atoms with van der Waals surface area (Å²) in [4.78, 5) is 4.38. The molecule has 18 heavy (non-hydrogen) atoms. The minimum absolute atomic E-state index is 0.881. The summed E-state index contributed by atoms with van der Waals surface area (Å²) in [6.45, 7) is 0.881. The van der Waals surface area contributed by atoms with Gasteiger partial charge in [-0.15, -0.1) is 0 Å². The lowest BCUT2D eigenvalue weighted by molar-refractivity contribution is 0.954. The van der Waals surface area contributed by atoms with Crippen LogP contribution in [0.3, 0.4) is 0 Å². The fourth-order valence-electron chi connectivity index (χ4n) is 1.71. The van der Waals surface area contributed by atoms with E-state index in [9.17, 15) is 0 Å². The van der Waals surface area contributed by atoms with Crippen LogP contribution in [0.4, 0.5) is 0 Å². The standard InChI is InChI=1S/C16H16BrN/c17-11-4-12-18-13-14-7-9-16(10-8-14)15-5-2-1-3-6-15/h1-3,5-10,13H,4,11-12H2. The minimum atomic E-state index is 0.881. The van der Waals surface area contributed by atoms with Crippen molar-refractivity contribution in [3.63, 3.8) is 0 Å². The van der Waals surface area contributed by atoms with Crippen molar-refractivity contribution >= 4 is 22.1 Å². The second-order valence-electron chi connectivity index (χ2n) is 4.07. The van der Waals surface area contributed by atoms with Crippen LogP contribution in [0.2, 0.25) is 0 Å². The van der Waals surface area contributed by atoms with Crippen molar-refractivity contribution in [2.75, 3.05) is 11.9 Å². The summed E-state index contributed by atoms with van der Waals surface area (Å²) in [5.74, 6) is 0. The van der Waals surface area contributed by atoms with E-state index in [1.807, 2.05) is 12.3 Å². The zero-order valence-corrected chi connectivity index (χ0v) is 11.8. The fourth-order valence-corrected chi connectivity index (χ4v) is 1.96. The molecule has 0 aliphatic rings. The zero-order chi connectivity index (χ0) is 12.6. The third kappa shape index (κ3) is 3.81. The van der Waals surface area contributed by atoms with E-state index < -0.39 is 0 Å². The molecule has 0 radical (unpaired) electrons. The highest BCUT2D eigenvalue weighted by Crippen LogP contribution is 2.18. The molecular formula is C16H16BrN. The average Bonchev–Trinajstić information content (AvgIpc) is 2.45. The van der Waals surface area contributed by atoms with Gasteiger partial charge in [-0.05, 0) is 23.1 Å². The predicted molar refractivity (Wildman–Crippen MR) is 82.8 cm³/mol. The largest absolute Gasteiger partial charge is 0.293 e. The van der Waals surface area contributed by atoms with Crippen molar-refractivity contribution < 1.29 is 0 Å².